The molecule has 1 aliphatic rings. The number of rotatable bonds is 4. The number of furan rings is 1. The zero-order valence-corrected chi connectivity index (χ0v) is 13.2. The first-order chi connectivity index (χ1) is 9.77. The summed E-state index contributed by atoms with van der Waals surface area (Å²) in [7, 11) is 0. The number of carbonyl (C=O) groups excluding carboxylic acids is 2. The zero-order chi connectivity index (χ0) is 15.6. The Kier molecular flexibility index (Phi) is 4.40. The van der Waals surface area contributed by atoms with Crippen LogP contribution in [0.3, 0.4) is 0 Å². The average Bonchev–Trinajstić information content (AvgIpc) is 2.95. The largest absolute Gasteiger partial charge is 0.466 e. The van der Waals surface area contributed by atoms with Gasteiger partial charge in [0.15, 0.2) is 0 Å². The van der Waals surface area contributed by atoms with E-state index in [1.165, 1.54) is 0 Å². The molecule has 1 N–H and O–H groups in total. The van der Waals surface area contributed by atoms with Crippen molar-refractivity contribution in [2.75, 3.05) is 13.1 Å². The summed E-state index contributed by atoms with van der Waals surface area (Å²) in [6.45, 7) is 8.91. The van der Waals surface area contributed by atoms with Gasteiger partial charge in [-0.1, -0.05) is 0 Å². The van der Waals surface area contributed by atoms with Crippen LogP contribution in [0.5, 0.6) is 0 Å². The predicted octanol–water partition coefficient (Wildman–Crippen LogP) is 1.89. The van der Waals surface area contributed by atoms with Crippen LogP contribution in [0.1, 0.15) is 38.7 Å². The van der Waals surface area contributed by atoms with Gasteiger partial charge in [0.25, 0.3) is 0 Å². The molecule has 2 amide bonds. The maximum atomic E-state index is 12.1. The van der Waals surface area contributed by atoms with Gasteiger partial charge < -0.3 is 14.6 Å². The normalized spacial score (nSPS) is 19.1. The summed E-state index contributed by atoms with van der Waals surface area (Å²) in [5, 5.41) is 2.90. The minimum absolute atomic E-state index is 0.0432. The van der Waals surface area contributed by atoms with Crippen LogP contribution in [0.25, 0.3) is 0 Å². The Morgan fingerprint density at radius 1 is 1.43 bits per heavy atom. The van der Waals surface area contributed by atoms with E-state index in [4.69, 9.17) is 4.42 Å². The second-order valence-corrected chi connectivity index (χ2v) is 6.63. The Hall–Kier alpha value is -1.78. The second-order valence-electron chi connectivity index (χ2n) is 6.63. The van der Waals surface area contributed by atoms with Gasteiger partial charge in [-0.15, -0.1) is 0 Å². The van der Waals surface area contributed by atoms with Crippen molar-refractivity contribution in [3.63, 3.8) is 0 Å². The predicted molar refractivity (Wildman–Crippen MR) is 79.7 cm³/mol. The number of nitrogens with zero attached hydrogens (tertiary/aromatic N) is 1. The van der Waals surface area contributed by atoms with E-state index in [1.54, 1.807) is 4.90 Å². The van der Waals surface area contributed by atoms with Gasteiger partial charge in [-0.05, 0) is 39.8 Å². The molecular formula is C16H24N2O3. The molecule has 21 heavy (non-hydrogen) atoms. The quantitative estimate of drug-likeness (QED) is 0.922. The van der Waals surface area contributed by atoms with E-state index in [2.05, 4.69) is 5.32 Å². The van der Waals surface area contributed by atoms with Crippen LogP contribution in [0.15, 0.2) is 16.5 Å². The Labute approximate surface area is 125 Å². The first-order valence-electron chi connectivity index (χ1n) is 7.41. The number of aryl methyl sites for hydroxylation is 1. The third-order valence-corrected chi connectivity index (χ3v) is 3.77. The van der Waals surface area contributed by atoms with Crippen LogP contribution in [-0.2, 0) is 16.0 Å². The molecule has 0 spiro atoms. The molecule has 1 fully saturated rings. The van der Waals surface area contributed by atoms with E-state index >= 15 is 0 Å². The molecule has 0 aromatic carbocycles. The van der Waals surface area contributed by atoms with E-state index < -0.39 is 0 Å². The van der Waals surface area contributed by atoms with Crippen LogP contribution >= 0.6 is 0 Å². The lowest BCUT2D eigenvalue weighted by Gasteiger charge is -2.31. The molecule has 1 saturated heterocycles. The summed E-state index contributed by atoms with van der Waals surface area (Å²) in [6.07, 6.45) is 0.978. The third kappa shape index (κ3) is 3.86. The lowest BCUT2D eigenvalue weighted by Crippen LogP contribution is -2.43. The molecule has 1 aromatic heterocycles. The maximum absolute atomic E-state index is 12.1. The molecule has 1 aliphatic heterocycles. The van der Waals surface area contributed by atoms with Gasteiger partial charge in [-0.2, -0.15) is 0 Å². The van der Waals surface area contributed by atoms with Gasteiger partial charge in [0, 0.05) is 31.5 Å². The highest BCUT2D eigenvalue weighted by Crippen LogP contribution is 2.25. The smallest absolute Gasteiger partial charge is 0.225 e. The molecule has 5 nitrogen and oxygen atoms in total. The molecule has 1 aromatic rings. The van der Waals surface area contributed by atoms with Crippen LogP contribution in [0.4, 0.5) is 0 Å². The zero-order valence-electron chi connectivity index (χ0n) is 13.2. The second kappa shape index (κ2) is 5.92. The van der Waals surface area contributed by atoms with Gasteiger partial charge >= 0.3 is 0 Å². The molecule has 1 atom stereocenters. The van der Waals surface area contributed by atoms with E-state index in [9.17, 15) is 9.59 Å². The van der Waals surface area contributed by atoms with Gasteiger partial charge in [0.1, 0.15) is 11.5 Å². The number of amides is 2. The first-order valence-corrected chi connectivity index (χ1v) is 7.41. The first kappa shape index (κ1) is 15.6. The van der Waals surface area contributed by atoms with Gasteiger partial charge in [0.05, 0.1) is 5.92 Å². The fraction of sp³-hybridized carbons (Fsp3) is 0.625. The summed E-state index contributed by atoms with van der Waals surface area (Å²) >= 11 is 0. The topological polar surface area (TPSA) is 62.6 Å². The standard InChI is InChI=1S/C16H24N2O3/c1-11-5-6-13(21-11)7-8-17-15(20)12-9-14(19)18(10-12)16(2,3)4/h5-6,12H,7-10H2,1-4H3,(H,17,20)/t12-/m0/s1. The van der Waals surface area contributed by atoms with Crippen LogP contribution < -0.4 is 5.32 Å². The summed E-state index contributed by atoms with van der Waals surface area (Å²) in [4.78, 5) is 25.9. The van der Waals surface area contributed by atoms with Gasteiger partial charge in [-0.3, -0.25) is 9.59 Å². The number of carbonyl (C=O) groups is 2. The van der Waals surface area contributed by atoms with Gasteiger partial charge in [0.2, 0.25) is 11.8 Å². The summed E-state index contributed by atoms with van der Waals surface area (Å²) in [5.74, 6) is 1.52. The molecule has 0 saturated carbocycles. The van der Waals surface area contributed by atoms with Crippen LogP contribution in [-0.4, -0.2) is 35.3 Å². The van der Waals surface area contributed by atoms with Crippen molar-refractivity contribution in [1.29, 1.82) is 0 Å². The molecule has 5 heteroatoms. The third-order valence-electron chi connectivity index (χ3n) is 3.77. The SMILES string of the molecule is Cc1ccc(CCNC(=O)[C@H]2CC(=O)N(C(C)(C)C)C2)o1. The van der Waals surface area contributed by atoms with Crippen molar-refractivity contribution in [3.05, 3.63) is 23.7 Å². The molecule has 0 radical (unpaired) electrons. The minimum Gasteiger partial charge on any atom is -0.466 e. The van der Waals surface area contributed by atoms with Crippen molar-refractivity contribution in [1.82, 2.24) is 10.2 Å². The van der Waals surface area contributed by atoms with Crippen LogP contribution in [0, 0.1) is 12.8 Å². The molecule has 116 valence electrons. The van der Waals surface area contributed by atoms with Crippen molar-refractivity contribution in [2.45, 2.75) is 46.1 Å². The van der Waals surface area contributed by atoms with Crippen molar-refractivity contribution in [3.8, 4) is 0 Å². The Bertz CT molecular complexity index is 528. The van der Waals surface area contributed by atoms with E-state index in [0.29, 0.717) is 25.9 Å². The van der Waals surface area contributed by atoms with Crippen molar-refractivity contribution in [2.24, 2.45) is 5.92 Å². The highest BCUT2D eigenvalue weighted by atomic mass is 16.3. The van der Waals surface area contributed by atoms with E-state index in [-0.39, 0.29) is 23.3 Å². The molecule has 2 rings (SSSR count). The average molecular weight is 292 g/mol. The molecule has 0 unspecified atom stereocenters. The number of nitrogens with one attached hydrogen (secondary N) is 1. The number of hydrogen-bond donors (Lipinski definition) is 1. The fourth-order valence-electron chi connectivity index (χ4n) is 2.60. The fourth-order valence-corrected chi connectivity index (χ4v) is 2.60. The highest BCUT2D eigenvalue weighted by Gasteiger charge is 2.39. The molecule has 0 bridgehead atoms. The monoisotopic (exact) mass is 292 g/mol. The van der Waals surface area contributed by atoms with Gasteiger partial charge in [-0.25, -0.2) is 0 Å². The van der Waals surface area contributed by atoms with E-state index in [1.807, 2.05) is 39.8 Å². The molecule has 2 heterocycles. The maximum Gasteiger partial charge on any atom is 0.225 e. The number of likely N-dealkylation sites (tertiary alicyclic amines) is 1. The Morgan fingerprint density at radius 3 is 2.67 bits per heavy atom. The molecule has 0 aliphatic carbocycles. The van der Waals surface area contributed by atoms with E-state index in [0.717, 1.165) is 11.5 Å². The minimum atomic E-state index is -0.241. The Morgan fingerprint density at radius 2 is 2.14 bits per heavy atom. The summed E-state index contributed by atoms with van der Waals surface area (Å²) in [6, 6.07) is 3.83. The van der Waals surface area contributed by atoms with Crippen molar-refractivity contribution < 1.29 is 14.0 Å². The lowest BCUT2D eigenvalue weighted by atomic mass is 10.1. The molecular weight excluding hydrogens is 268 g/mol. The van der Waals surface area contributed by atoms with Crippen LogP contribution in [0.2, 0.25) is 0 Å². The lowest BCUT2D eigenvalue weighted by molar-refractivity contribution is -0.132. The summed E-state index contributed by atoms with van der Waals surface area (Å²) in [5.41, 5.74) is -0.224. The Balaban J connectivity index is 1.80. The summed E-state index contributed by atoms with van der Waals surface area (Å²) < 4.78 is 5.46. The number of hydrogen-bond acceptors (Lipinski definition) is 3. The van der Waals surface area contributed by atoms with Crippen molar-refractivity contribution >= 4 is 11.8 Å². The highest BCUT2D eigenvalue weighted by molar-refractivity contribution is 5.89.